The first-order valence-electron chi connectivity index (χ1n) is 7.95. The Morgan fingerprint density at radius 1 is 1.19 bits per heavy atom. The zero-order valence-corrected chi connectivity index (χ0v) is 15.5. The molecule has 0 amide bonds. The Balaban J connectivity index is 1.70. The molecule has 0 radical (unpaired) electrons. The second-order valence-corrected chi connectivity index (χ2v) is 6.77. The molecule has 0 atom stereocenters. The summed E-state index contributed by atoms with van der Waals surface area (Å²) in [6.07, 6.45) is 1.78. The van der Waals surface area contributed by atoms with Crippen molar-refractivity contribution in [3.8, 4) is 5.75 Å². The normalized spacial score (nSPS) is 10.7. The number of nitrogens with zero attached hydrogens (tertiary/aromatic N) is 3. The molecule has 0 aliphatic heterocycles. The molecule has 4 nitrogen and oxygen atoms in total. The first-order chi connectivity index (χ1) is 12.7. The number of para-hydroxylation sites is 1. The molecular formula is C19H17ClFN3OS. The van der Waals surface area contributed by atoms with Gasteiger partial charge in [-0.25, -0.2) is 4.39 Å². The molecule has 134 valence electrons. The molecule has 0 fully saturated rings. The lowest BCUT2D eigenvalue weighted by atomic mass is 10.2. The molecule has 0 spiro atoms. The molecule has 0 saturated carbocycles. The fraction of sp³-hybridized carbons (Fsp3) is 0.158. The molecule has 0 N–H and O–H groups in total. The predicted octanol–water partition coefficient (Wildman–Crippen LogP) is 5.13. The van der Waals surface area contributed by atoms with E-state index in [9.17, 15) is 4.39 Å². The largest absolute Gasteiger partial charge is 0.486 e. The second kappa shape index (κ2) is 8.87. The summed E-state index contributed by atoms with van der Waals surface area (Å²) in [7, 11) is 0. The molecule has 0 unspecified atom stereocenters. The van der Waals surface area contributed by atoms with Crippen LogP contribution in [-0.2, 0) is 18.9 Å². The number of ether oxygens (including phenoxy) is 1. The maximum atomic E-state index is 13.2. The highest BCUT2D eigenvalue weighted by Gasteiger charge is 2.13. The summed E-state index contributed by atoms with van der Waals surface area (Å²) in [5.74, 6) is 1.70. The van der Waals surface area contributed by atoms with Gasteiger partial charge in [-0.15, -0.1) is 16.8 Å². The second-order valence-electron chi connectivity index (χ2n) is 5.42. The van der Waals surface area contributed by atoms with Gasteiger partial charge >= 0.3 is 0 Å². The van der Waals surface area contributed by atoms with Crippen LogP contribution in [0.5, 0.6) is 5.75 Å². The smallest absolute Gasteiger partial charge is 0.191 e. The summed E-state index contributed by atoms with van der Waals surface area (Å²) in [6.45, 7) is 4.67. The molecule has 7 heteroatoms. The van der Waals surface area contributed by atoms with Crippen LogP contribution in [0.2, 0.25) is 5.02 Å². The van der Waals surface area contributed by atoms with E-state index in [2.05, 4.69) is 16.8 Å². The van der Waals surface area contributed by atoms with Crippen LogP contribution >= 0.6 is 23.4 Å². The van der Waals surface area contributed by atoms with Crippen molar-refractivity contribution in [2.24, 2.45) is 0 Å². The fourth-order valence-electron chi connectivity index (χ4n) is 2.29. The highest BCUT2D eigenvalue weighted by Crippen LogP contribution is 2.27. The van der Waals surface area contributed by atoms with Crippen LogP contribution < -0.4 is 4.74 Å². The van der Waals surface area contributed by atoms with Crippen molar-refractivity contribution in [2.45, 2.75) is 24.1 Å². The first kappa shape index (κ1) is 18.5. The van der Waals surface area contributed by atoms with Crippen molar-refractivity contribution in [2.75, 3.05) is 0 Å². The van der Waals surface area contributed by atoms with Crippen molar-refractivity contribution in [3.05, 3.63) is 83.4 Å². The Kier molecular flexibility index (Phi) is 6.30. The van der Waals surface area contributed by atoms with E-state index in [0.717, 1.165) is 16.5 Å². The maximum absolute atomic E-state index is 13.2. The third kappa shape index (κ3) is 4.65. The van der Waals surface area contributed by atoms with Gasteiger partial charge in [0.2, 0.25) is 0 Å². The van der Waals surface area contributed by atoms with Crippen molar-refractivity contribution in [1.29, 1.82) is 0 Å². The van der Waals surface area contributed by atoms with E-state index >= 15 is 0 Å². The molecule has 0 aliphatic carbocycles. The third-order valence-electron chi connectivity index (χ3n) is 3.59. The maximum Gasteiger partial charge on any atom is 0.191 e. The van der Waals surface area contributed by atoms with Crippen LogP contribution in [0.3, 0.4) is 0 Å². The lowest BCUT2D eigenvalue weighted by Crippen LogP contribution is -2.07. The van der Waals surface area contributed by atoms with Gasteiger partial charge in [0, 0.05) is 17.3 Å². The Hall–Kier alpha value is -2.31. The summed E-state index contributed by atoms with van der Waals surface area (Å²) >= 11 is 7.57. The number of hydrogen-bond acceptors (Lipinski definition) is 4. The summed E-state index contributed by atoms with van der Waals surface area (Å²) in [5, 5.41) is 9.60. The van der Waals surface area contributed by atoms with Gasteiger partial charge in [-0.05, 0) is 29.8 Å². The minimum atomic E-state index is -0.348. The Bertz CT molecular complexity index is 886. The predicted molar refractivity (Wildman–Crippen MR) is 102 cm³/mol. The standard InChI is InChI=1S/C19H17ClFN3OS/c1-2-10-24-18(12-25-16-6-4-3-5-7-16)22-23-19(24)26-13-14-8-9-15(21)11-17(14)20/h2-9,11H,1,10,12-13H2. The zero-order chi connectivity index (χ0) is 18.4. The number of rotatable bonds is 8. The lowest BCUT2D eigenvalue weighted by molar-refractivity contribution is 0.289. The highest BCUT2D eigenvalue weighted by atomic mass is 35.5. The van der Waals surface area contributed by atoms with Gasteiger partial charge in [0.25, 0.3) is 0 Å². The number of hydrogen-bond donors (Lipinski definition) is 0. The number of halogens is 2. The SMILES string of the molecule is C=CCn1c(COc2ccccc2)nnc1SCc1ccc(F)cc1Cl. The Labute approximate surface area is 160 Å². The van der Waals surface area contributed by atoms with Crippen LogP contribution in [0.15, 0.2) is 66.3 Å². The Morgan fingerprint density at radius 3 is 2.73 bits per heavy atom. The summed E-state index contributed by atoms with van der Waals surface area (Å²) in [6, 6.07) is 13.9. The topological polar surface area (TPSA) is 39.9 Å². The van der Waals surface area contributed by atoms with Crippen LogP contribution in [0, 0.1) is 5.82 Å². The van der Waals surface area contributed by atoms with Crippen LogP contribution in [0.1, 0.15) is 11.4 Å². The highest BCUT2D eigenvalue weighted by molar-refractivity contribution is 7.98. The van der Waals surface area contributed by atoms with Gasteiger partial charge in [-0.2, -0.15) is 0 Å². The van der Waals surface area contributed by atoms with Crippen molar-refractivity contribution in [1.82, 2.24) is 14.8 Å². The zero-order valence-electron chi connectivity index (χ0n) is 13.9. The molecule has 3 rings (SSSR count). The van der Waals surface area contributed by atoms with Gasteiger partial charge < -0.3 is 4.74 Å². The van der Waals surface area contributed by atoms with E-state index in [-0.39, 0.29) is 5.82 Å². The van der Waals surface area contributed by atoms with Gasteiger partial charge in [-0.3, -0.25) is 4.57 Å². The average Bonchev–Trinajstić information content (AvgIpc) is 3.02. The van der Waals surface area contributed by atoms with Crippen LogP contribution in [0.25, 0.3) is 0 Å². The van der Waals surface area contributed by atoms with Crippen molar-refractivity contribution >= 4 is 23.4 Å². The first-order valence-corrected chi connectivity index (χ1v) is 9.31. The number of aromatic nitrogens is 3. The molecule has 1 heterocycles. The van der Waals surface area contributed by atoms with Crippen molar-refractivity contribution < 1.29 is 9.13 Å². The third-order valence-corrected chi connectivity index (χ3v) is 4.96. The van der Waals surface area contributed by atoms with E-state index in [1.54, 1.807) is 12.1 Å². The molecule has 0 bridgehead atoms. The van der Waals surface area contributed by atoms with Crippen LogP contribution in [0.4, 0.5) is 4.39 Å². The molecule has 26 heavy (non-hydrogen) atoms. The minimum absolute atomic E-state index is 0.308. The quantitative estimate of drug-likeness (QED) is 0.395. The molecular weight excluding hydrogens is 373 g/mol. The summed E-state index contributed by atoms with van der Waals surface area (Å²) in [4.78, 5) is 0. The molecule has 0 saturated heterocycles. The Morgan fingerprint density at radius 2 is 2.00 bits per heavy atom. The van der Waals surface area contributed by atoms with Gasteiger partial charge in [0.15, 0.2) is 11.0 Å². The van der Waals surface area contributed by atoms with Gasteiger partial charge in [-0.1, -0.05) is 53.7 Å². The van der Waals surface area contributed by atoms with Crippen molar-refractivity contribution in [3.63, 3.8) is 0 Å². The van der Waals surface area contributed by atoms with E-state index in [4.69, 9.17) is 16.3 Å². The van der Waals surface area contributed by atoms with E-state index in [1.165, 1.54) is 23.9 Å². The summed E-state index contributed by atoms with van der Waals surface area (Å²) < 4.78 is 20.9. The van der Waals surface area contributed by atoms with E-state index < -0.39 is 0 Å². The number of benzene rings is 2. The number of allylic oxidation sites excluding steroid dienone is 1. The fourth-order valence-corrected chi connectivity index (χ4v) is 3.57. The van der Waals surface area contributed by atoms with E-state index in [1.807, 2.05) is 34.9 Å². The minimum Gasteiger partial charge on any atom is -0.486 e. The average molecular weight is 390 g/mol. The monoisotopic (exact) mass is 389 g/mol. The molecule has 3 aromatic rings. The number of thioether (sulfide) groups is 1. The molecule has 1 aromatic heterocycles. The molecule has 0 aliphatic rings. The van der Waals surface area contributed by atoms with Crippen LogP contribution in [-0.4, -0.2) is 14.8 Å². The molecule has 2 aromatic carbocycles. The van der Waals surface area contributed by atoms with Gasteiger partial charge in [0.05, 0.1) is 0 Å². The summed E-state index contributed by atoms with van der Waals surface area (Å²) in [5.41, 5.74) is 0.841. The lowest BCUT2D eigenvalue weighted by Gasteiger charge is -2.09. The van der Waals surface area contributed by atoms with Gasteiger partial charge in [0.1, 0.15) is 18.2 Å². The van der Waals surface area contributed by atoms with E-state index in [0.29, 0.717) is 29.8 Å².